The Labute approximate surface area is 111 Å². The van der Waals surface area contributed by atoms with E-state index in [9.17, 15) is 0 Å². The topological polar surface area (TPSA) is 3.24 Å². The van der Waals surface area contributed by atoms with Crippen LogP contribution in [-0.2, 0) is 5.33 Å². The summed E-state index contributed by atoms with van der Waals surface area (Å²) in [6, 6.07) is 6.11. The van der Waals surface area contributed by atoms with Crippen molar-refractivity contribution in [3.8, 4) is 0 Å². The summed E-state index contributed by atoms with van der Waals surface area (Å²) in [5, 5.41) is 1.69. The lowest BCUT2D eigenvalue weighted by Gasteiger charge is -2.22. The van der Waals surface area contributed by atoms with Crippen molar-refractivity contribution in [1.82, 2.24) is 0 Å². The van der Waals surface area contributed by atoms with E-state index < -0.39 is 0 Å². The molecule has 1 saturated carbocycles. The molecule has 1 aliphatic carbocycles. The number of hydrogen-bond acceptors (Lipinski definition) is 1. The number of anilines is 1. The summed E-state index contributed by atoms with van der Waals surface area (Å²) in [7, 11) is 2.16. The van der Waals surface area contributed by atoms with Crippen LogP contribution in [0.15, 0.2) is 18.2 Å². The third-order valence-electron chi connectivity index (χ3n) is 3.39. The molecule has 1 aromatic carbocycles. The molecule has 2 unspecified atom stereocenters. The summed E-state index contributed by atoms with van der Waals surface area (Å²) in [5.74, 6) is 1.77. The molecule has 0 bridgehead atoms. The Morgan fingerprint density at radius 2 is 2.19 bits per heavy atom. The molecule has 88 valence electrons. The average molecular weight is 303 g/mol. The minimum atomic E-state index is 0.815. The van der Waals surface area contributed by atoms with Crippen molar-refractivity contribution in [3.05, 3.63) is 28.8 Å². The minimum absolute atomic E-state index is 0.815. The van der Waals surface area contributed by atoms with Gasteiger partial charge in [-0.2, -0.15) is 0 Å². The summed E-state index contributed by atoms with van der Waals surface area (Å²) in [5.41, 5.74) is 2.56. The van der Waals surface area contributed by atoms with Crippen molar-refractivity contribution in [3.63, 3.8) is 0 Å². The average Bonchev–Trinajstić information content (AvgIpc) is 2.94. The van der Waals surface area contributed by atoms with Crippen LogP contribution in [0.3, 0.4) is 0 Å². The Kier molecular flexibility index (Phi) is 3.81. The molecule has 0 saturated heterocycles. The summed E-state index contributed by atoms with van der Waals surface area (Å²) in [4.78, 5) is 2.33. The van der Waals surface area contributed by atoms with Crippen LogP contribution in [0.5, 0.6) is 0 Å². The maximum Gasteiger partial charge on any atom is 0.0426 e. The van der Waals surface area contributed by atoms with Crippen LogP contribution in [0.25, 0.3) is 0 Å². The molecule has 0 amide bonds. The quantitative estimate of drug-likeness (QED) is 0.748. The van der Waals surface area contributed by atoms with Gasteiger partial charge in [0.2, 0.25) is 0 Å². The lowest BCUT2D eigenvalue weighted by Crippen LogP contribution is -2.21. The highest BCUT2D eigenvalue weighted by Gasteiger charge is 2.33. The van der Waals surface area contributed by atoms with E-state index >= 15 is 0 Å². The first-order chi connectivity index (χ1) is 7.61. The van der Waals surface area contributed by atoms with E-state index in [4.69, 9.17) is 11.6 Å². The van der Waals surface area contributed by atoms with Gasteiger partial charge >= 0.3 is 0 Å². The van der Waals surface area contributed by atoms with Crippen molar-refractivity contribution in [2.45, 2.75) is 18.7 Å². The van der Waals surface area contributed by atoms with Gasteiger partial charge in [-0.1, -0.05) is 40.5 Å². The zero-order valence-corrected chi connectivity index (χ0v) is 12.1. The predicted octanol–water partition coefficient (Wildman–Crippen LogP) is 4.33. The van der Waals surface area contributed by atoms with Gasteiger partial charge in [-0.15, -0.1) is 0 Å². The van der Waals surface area contributed by atoms with Crippen molar-refractivity contribution in [2.24, 2.45) is 11.8 Å². The molecule has 0 aliphatic heterocycles. The van der Waals surface area contributed by atoms with E-state index in [0.29, 0.717) is 0 Å². The second-order valence-corrected chi connectivity index (χ2v) is 5.76. The fourth-order valence-corrected chi connectivity index (χ4v) is 2.75. The largest absolute Gasteiger partial charge is 0.374 e. The van der Waals surface area contributed by atoms with E-state index in [1.807, 2.05) is 6.07 Å². The molecule has 1 nitrogen and oxygen atoms in total. The van der Waals surface area contributed by atoms with Crippen LogP contribution < -0.4 is 4.90 Å². The van der Waals surface area contributed by atoms with Crippen molar-refractivity contribution in [2.75, 3.05) is 18.5 Å². The molecule has 0 N–H and O–H groups in total. The first-order valence-corrected chi connectivity index (χ1v) is 7.17. The number of hydrogen-bond donors (Lipinski definition) is 0. The van der Waals surface area contributed by atoms with Crippen LogP contribution in [-0.4, -0.2) is 13.6 Å². The van der Waals surface area contributed by atoms with Gasteiger partial charge < -0.3 is 4.90 Å². The SMILES string of the molecule is CC1CC1CN(C)c1cc(Cl)ccc1CBr. The number of nitrogens with zero attached hydrogens (tertiary/aromatic N) is 1. The van der Waals surface area contributed by atoms with Crippen molar-refractivity contribution >= 4 is 33.2 Å². The zero-order valence-electron chi connectivity index (χ0n) is 9.71. The molecule has 16 heavy (non-hydrogen) atoms. The van der Waals surface area contributed by atoms with Gasteiger partial charge in [0.05, 0.1) is 0 Å². The molecule has 0 spiro atoms. The molecule has 1 aliphatic rings. The summed E-state index contributed by atoms with van der Waals surface area (Å²) in [6.07, 6.45) is 1.37. The molecular weight excluding hydrogens is 286 g/mol. The third kappa shape index (κ3) is 2.72. The van der Waals surface area contributed by atoms with Crippen LogP contribution in [0.2, 0.25) is 5.02 Å². The third-order valence-corrected chi connectivity index (χ3v) is 4.23. The summed E-state index contributed by atoms with van der Waals surface area (Å²) < 4.78 is 0. The Balaban J connectivity index is 2.13. The highest BCUT2D eigenvalue weighted by atomic mass is 79.9. The van der Waals surface area contributed by atoms with Crippen molar-refractivity contribution in [1.29, 1.82) is 0 Å². The second-order valence-electron chi connectivity index (χ2n) is 4.76. The van der Waals surface area contributed by atoms with Crippen molar-refractivity contribution < 1.29 is 0 Å². The van der Waals surface area contributed by atoms with Crippen LogP contribution >= 0.6 is 27.5 Å². The minimum Gasteiger partial charge on any atom is -0.374 e. The Hall–Kier alpha value is -0.210. The van der Waals surface area contributed by atoms with E-state index in [1.54, 1.807) is 0 Å². The van der Waals surface area contributed by atoms with Gasteiger partial charge in [-0.25, -0.2) is 0 Å². The van der Waals surface area contributed by atoms with E-state index in [-0.39, 0.29) is 0 Å². The Bertz CT molecular complexity index is 380. The Morgan fingerprint density at radius 1 is 1.50 bits per heavy atom. The number of alkyl halides is 1. The highest BCUT2D eigenvalue weighted by Crippen LogP contribution is 2.39. The van der Waals surface area contributed by atoms with Gasteiger partial charge in [0.1, 0.15) is 0 Å². The second kappa shape index (κ2) is 4.97. The van der Waals surface area contributed by atoms with E-state index in [2.05, 4.69) is 46.9 Å². The zero-order chi connectivity index (χ0) is 11.7. The van der Waals surface area contributed by atoms with Gasteiger partial charge in [-0.3, -0.25) is 0 Å². The summed E-state index contributed by atoms with van der Waals surface area (Å²) in [6.45, 7) is 3.46. The molecular formula is C13H17BrClN. The smallest absolute Gasteiger partial charge is 0.0426 e. The fraction of sp³-hybridized carbons (Fsp3) is 0.538. The fourth-order valence-electron chi connectivity index (χ4n) is 2.11. The van der Waals surface area contributed by atoms with Gasteiger partial charge in [0.25, 0.3) is 0 Å². The first-order valence-electron chi connectivity index (χ1n) is 5.67. The molecule has 1 aromatic rings. The number of rotatable bonds is 4. The van der Waals surface area contributed by atoms with Crippen LogP contribution in [0.1, 0.15) is 18.9 Å². The normalized spacial score (nSPS) is 23.2. The first kappa shape index (κ1) is 12.3. The molecule has 2 rings (SSSR count). The lowest BCUT2D eigenvalue weighted by molar-refractivity contribution is 0.724. The molecule has 0 heterocycles. The highest BCUT2D eigenvalue weighted by molar-refractivity contribution is 9.08. The monoisotopic (exact) mass is 301 g/mol. The van der Waals surface area contributed by atoms with Gasteiger partial charge in [0, 0.05) is 29.6 Å². The van der Waals surface area contributed by atoms with E-state index in [1.165, 1.54) is 17.7 Å². The summed E-state index contributed by atoms with van der Waals surface area (Å²) >= 11 is 9.58. The molecule has 0 aromatic heterocycles. The molecule has 1 fully saturated rings. The van der Waals surface area contributed by atoms with Gasteiger partial charge in [0.15, 0.2) is 0 Å². The maximum absolute atomic E-state index is 6.06. The Morgan fingerprint density at radius 3 is 2.75 bits per heavy atom. The molecule has 3 heteroatoms. The molecule has 0 radical (unpaired) electrons. The lowest BCUT2D eigenvalue weighted by atomic mass is 10.1. The van der Waals surface area contributed by atoms with Crippen LogP contribution in [0.4, 0.5) is 5.69 Å². The van der Waals surface area contributed by atoms with Crippen LogP contribution in [0, 0.1) is 11.8 Å². The van der Waals surface area contributed by atoms with E-state index in [0.717, 1.165) is 28.7 Å². The molecule has 2 atom stereocenters. The maximum atomic E-state index is 6.06. The van der Waals surface area contributed by atoms with Gasteiger partial charge in [-0.05, 0) is 36.0 Å². The predicted molar refractivity (Wildman–Crippen MR) is 74.6 cm³/mol. The number of halogens is 2. The standard InChI is InChI=1S/C13H17BrClN/c1-9-5-11(9)8-16(2)13-6-12(15)4-3-10(13)7-14/h3-4,6,9,11H,5,7-8H2,1-2H3. The number of benzene rings is 1.